The van der Waals surface area contributed by atoms with Gasteiger partial charge in [0, 0.05) is 33.4 Å². The molecule has 0 fully saturated rings. The molecule has 122 valence electrons. The molecule has 1 amide bonds. The van der Waals surface area contributed by atoms with Gasteiger partial charge < -0.3 is 5.32 Å². The van der Waals surface area contributed by atoms with Gasteiger partial charge in [-0.1, -0.05) is 45.0 Å². The molecule has 0 heterocycles. The van der Waals surface area contributed by atoms with E-state index in [0.717, 1.165) is 0 Å². The molecule has 0 radical (unpaired) electrons. The molecule has 1 aliphatic carbocycles. The fraction of sp³-hybridized carbons (Fsp3) is 0.250. The Bertz CT molecular complexity index is 865. The van der Waals surface area contributed by atoms with E-state index in [4.69, 9.17) is 0 Å². The molecular weight excluding hydrogens is 302 g/mol. The molecule has 0 unspecified atom stereocenters. The number of rotatable bonds is 3. The average Bonchev–Trinajstić information content (AvgIpc) is 2.59. The number of hydrogen-bond acceptors (Lipinski definition) is 3. The van der Waals surface area contributed by atoms with Crippen LogP contribution in [0.2, 0.25) is 0 Å². The summed E-state index contributed by atoms with van der Waals surface area (Å²) in [4.78, 5) is 37.5. The zero-order chi connectivity index (χ0) is 17.5. The third-order valence-corrected chi connectivity index (χ3v) is 4.68. The summed E-state index contributed by atoms with van der Waals surface area (Å²) in [5.41, 5.74) is 1.59. The van der Waals surface area contributed by atoms with E-state index in [1.165, 1.54) is 0 Å². The maximum atomic E-state index is 12.7. The molecule has 4 nitrogen and oxygen atoms in total. The van der Waals surface area contributed by atoms with Crippen LogP contribution in [0.5, 0.6) is 0 Å². The number of carbonyl (C=O) groups is 3. The summed E-state index contributed by atoms with van der Waals surface area (Å²) in [7, 11) is 0. The second-order valence-electron chi connectivity index (χ2n) is 6.66. The van der Waals surface area contributed by atoms with Crippen molar-refractivity contribution < 1.29 is 14.4 Å². The van der Waals surface area contributed by atoms with Gasteiger partial charge >= 0.3 is 0 Å². The molecule has 0 bridgehead atoms. The zero-order valence-electron chi connectivity index (χ0n) is 14.0. The topological polar surface area (TPSA) is 63.2 Å². The van der Waals surface area contributed by atoms with E-state index in [-0.39, 0.29) is 17.5 Å². The lowest BCUT2D eigenvalue weighted by Gasteiger charge is -2.22. The summed E-state index contributed by atoms with van der Waals surface area (Å²) >= 11 is 0. The summed E-state index contributed by atoms with van der Waals surface area (Å²) in [6.07, 6.45) is 0.703. The van der Waals surface area contributed by atoms with Crippen molar-refractivity contribution in [2.45, 2.75) is 27.2 Å². The van der Waals surface area contributed by atoms with Crippen LogP contribution < -0.4 is 5.32 Å². The van der Waals surface area contributed by atoms with Crippen LogP contribution in [0.3, 0.4) is 0 Å². The Kier molecular flexibility index (Phi) is 3.84. The molecular formula is C20H19NO3. The highest BCUT2D eigenvalue weighted by Gasteiger charge is 2.30. The predicted octanol–water partition coefficient (Wildman–Crippen LogP) is 3.84. The summed E-state index contributed by atoms with van der Waals surface area (Å²) in [5.74, 6) is -0.460. The van der Waals surface area contributed by atoms with Crippen LogP contribution in [0.15, 0.2) is 42.5 Å². The Morgan fingerprint density at radius 3 is 2.04 bits per heavy atom. The van der Waals surface area contributed by atoms with Crippen molar-refractivity contribution in [3.05, 3.63) is 64.7 Å². The van der Waals surface area contributed by atoms with Crippen LogP contribution in [-0.2, 0) is 4.79 Å². The summed E-state index contributed by atoms with van der Waals surface area (Å²) < 4.78 is 0. The Morgan fingerprint density at radius 1 is 0.917 bits per heavy atom. The first-order valence-corrected chi connectivity index (χ1v) is 7.99. The molecule has 0 aromatic heterocycles. The minimum atomic E-state index is -0.498. The third kappa shape index (κ3) is 2.54. The predicted molar refractivity (Wildman–Crippen MR) is 92.5 cm³/mol. The Balaban J connectivity index is 1.99. The highest BCUT2D eigenvalue weighted by atomic mass is 16.2. The van der Waals surface area contributed by atoms with Gasteiger partial charge in [0.2, 0.25) is 5.91 Å². The molecule has 24 heavy (non-hydrogen) atoms. The van der Waals surface area contributed by atoms with Crippen LogP contribution in [0.1, 0.15) is 59.0 Å². The Labute approximate surface area is 140 Å². The van der Waals surface area contributed by atoms with Crippen molar-refractivity contribution in [2.24, 2.45) is 5.41 Å². The number of benzene rings is 2. The van der Waals surface area contributed by atoms with Gasteiger partial charge in [-0.3, -0.25) is 14.4 Å². The van der Waals surface area contributed by atoms with Crippen LogP contribution in [0.25, 0.3) is 0 Å². The van der Waals surface area contributed by atoms with E-state index in [9.17, 15) is 14.4 Å². The third-order valence-electron chi connectivity index (χ3n) is 4.68. The molecule has 1 N–H and O–H groups in total. The SMILES string of the molecule is CCC(C)(C)C(=O)Nc1ccc2c(c1)C(=O)c1ccccc1C2=O. The van der Waals surface area contributed by atoms with E-state index in [1.54, 1.807) is 42.5 Å². The number of fused-ring (bicyclic) bond motifs is 2. The number of carbonyl (C=O) groups excluding carboxylic acids is 3. The highest BCUT2D eigenvalue weighted by molar-refractivity contribution is 6.28. The summed E-state index contributed by atoms with van der Waals surface area (Å²) in [6.45, 7) is 5.68. The van der Waals surface area contributed by atoms with Crippen molar-refractivity contribution in [3.8, 4) is 0 Å². The Morgan fingerprint density at radius 2 is 1.46 bits per heavy atom. The molecule has 0 aliphatic heterocycles. The summed E-state index contributed by atoms with van der Waals surface area (Å²) in [6, 6.07) is 11.7. The maximum absolute atomic E-state index is 12.7. The largest absolute Gasteiger partial charge is 0.326 e. The van der Waals surface area contributed by atoms with Gasteiger partial charge in [-0.05, 0) is 24.6 Å². The van der Waals surface area contributed by atoms with Gasteiger partial charge in [-0.15, -0.1) is 0 Å². The standard InChI is InChI=1S/C20H19NO3/c1-4-20(2,3)19(24)21-12-9-10-15-16(11-12)18(23)14-8-6-5-7-13(14)17(15)22/h5-11H,4H2,1-3H3,(H,21,24). The lowest BCUT2D eigenvalue weighted by Crippen LogP contribution is -2.30. The van der Waals surface area contributed by atoms with E-state index in [1.807, 2.05) is 20.8 Å². The van der Waals surface area contributed by atoms with Gasteiger partial charge in [0.15, 0.2) is 11.6 Å². The average molecular weight is 321 g/mol. The van der Waals surface area contributed by atoms with Gasteiger partial charge in [0.05, 0.1) is 0 Å². The van der Waals surface area contributed by atoms with Crippen LogP contribution in [0, 0.1) is 5.41 Å². The second kappa shape index (κ2) is 5.71. The molecule has 0 saturated carbocycles. The second-order valence-corrected chi connectivity index (χ2v) is 6.66. The molecule has 0 spiro atoms. The molecule has 2 aromatic rings. The van der Waals surface area contributed by atoms with Crippen LogP contribution in [-0.4, -0.2) is 17.5 Å². The number of amides is 1. The minimum absolute atomic E-state index is 0.111. The van der Waals surface area contributed by atoms with E-state index in [2.05, 4.69) is 5.32 Å². The van der Waals surface area contributed by atoms with Crippen molar-refractivity contribution in [1.82, 2.24) is 0 Å². The zero-order valence-corrected chi connectivity index (χ0v) is 14.0. The van der Waals surface area contributed by atoms with E-state index in [0.29, 0.717) is 34.4 Å². The number of nitrogens with one attached hydrogen (secondary N) is 1. The first kappa shape index (κ1) is 16.1. The molecule has 2 aromatic carbocycles. The number of hydrogen-bond donors (Lipinski definition) is 1. The number of ketones is 2. The fourth-order valence-electron chi connectivity index (χ4n) is 2.64. The minimum Gasteiger partial charge on any atom is -0.326 e. The van der Waals surface area contributed by atoms with Gasteiger partial charge in [0.25, 0.3) is 0 Å². The Hall–Kier alpha value is -2.75. The smallest absolute Gasteiger partial charge is 0.230 e. The van der Waals surface area contributed by atoms with Crippen molar-refractivity contribution in [3.63, 3.8) is 0 Å². The van der Waals surface area contributed by atoms with E-state index < -0.39 is 5.41 Å². The van der Waals surface area contributed by atoms with Gasteiger partial charge in [-0.2, -0.15) is 0 Å². The normalized spacial score (nSPS) is 13.3. The van der Waals surface area contributed by atoms with Gasteiger partial charge in [0.1, 0.15) is 0 Å². The lowest BCUT2D eigenvalue weighted by atomic mass is 9.84. The van der Waals surface area contributed by atoms with Crippen LogP contribution >= 0.6 is 0 Å². The molecule has 0 saturated heterocycles. The van der Waals surface area contributed by atoms with Crippen molar-refractivity contribution in [1.29, 1.82) is 0 Å². The lowest BCUT2D eigenvalue weighted by molar-refractivity contribution is -0.124. The molecule has 4 heteroatoms. The first-order chi connectivity index (χ1) is 11.3. The van der Waals surface area contributed by atoms with Crippen molar-refractivity contribution >= 4 is 23.2 Å². The monoisotopic (exact) mass is 321 g/mol. The quantitative estimate of drug-likeness (QED) is 0.797. The maximum Gasteiger partial charge on any atom is 0.230 e. The highest BCUT2D eigenvalue weighted by Crippen LogP contribution is 2.30. The molecule has 1 aliphatic rings. The van der Waals surface area contributed by atoms with Crippen molar-refractivity contribution in [2.75, 3.05) is 5.32 Å². The molecule has 3 rings (SSSR count). The van der Waals surface area contributed by atoms with E-state index >= 15 is 0 Å². The number of anilines is 1. The van der Waals surface area contributed by atoms with Crippen LogP contribution in [0.4, 0.5) is 5.69 Å². The molecule has 0 atom stereocenters. The fourth-order valence-corrected chi connectivity index (χ4v) is 2.64. The first-order valence-electron chi connectivity index (χ1n) is 7.99. The summed E-state index contributed by atoms with van der Waals surface area (Å²) in [5, 5.41) is 2.84. The van der Waals surface area contributed by atoms with Gasteiger partial charge in [-0.25, -0.2) is 0 Å².